The zero-order chi connectivity index (χ0) is 25.7. The number of amides is 2. The third-order valence-corrected chi connectivity index (χ3v) is 6.82. The average molecular weight is 509 g/mol. The summed E-state index contributed by atoms with van der Waals surface area (Å²) >= 11 is 6.17. The van der Waals surface area contributed by atoms with Gasteiger partial charge in [-0.15, -0.1) is 0 Å². The molecule has 8 nitrogen and oxygen atoms in total. The van der Waals surface area contributed by atoms with Crippen LogP contribution in [-0.2, 0) is 17.4 Å². The number of nitrogens with one attached hydrogen (secondary N) is 1. The third kappa shape index (κ3) is 4.41. The Morgan fingerprint density at radius 2 is 1.86 bits per heavy atom. The van der Waals surface area contributed by atoms with E-state index in [2.05, 4.69) is 10.4 Å². The number of para-hydroxylation sites is 1. The normalized spacial score (nSPS) is 16.1. The molecule has 9 heteroatoms. The molecule has 1 N–H and O–H groups in total. The van der Waals surface area contributed by atoms with E-state index >= 15 is 0 Å². The van der Waals surface area contributed by atoms with Gasteiger partial charge in [0.05, 0.1) is 23.1 Å². The number of fused-ring (bicyclic) bond motifs is 4. The van der Waals surface area contributed by atoms with Crippen LogP contribution in [0.1, 0.15) is 49.5 Å². The Labute approximate surface area is 215 Å². The van der Waals surface area contributed by atoms with E-state index in [9.17, 15) is 9.59 Å². The summed E-state index contributed by atoms with van der Waals surface area (Å²) in [7, 11) is 1.94. The van der Waals surface area contributed by atoms with Gasteiger partial charge in [0, 0.05) is 49.1 Å². The van der Waals surface area contributed by atoms with Crippen molar-refractivity contribution >= 4 is 29.3 Å². The number of rotatable bonds is 2. The first-order chi connectivity index (χ1) is 17.1. The van der Waals surface area contributed by atoms with Crippen molar-refractivity contribution in [2.75, 3.05) is 18.4 Å². The molecular formula is C27H29ClN4O4. The SMILES string of the molecule is Cn1ncc2c1-c1ccccc1OC21CCN(C(=O)c2ccc(Cl)cc2NC(=O)OC(C)(C)C)CC1. The summed E-state index contributed by atoms with van der Waals surface area (Å²) < 4.78 is 13.8. The van der Waals surface area contributed by atoms with E-state index in [4.69, 9.17) is 21.1 Å². The highest BCUT2D eigenvalue weighted by atomic mass is 35.5. The van der Waals surface area contributed by atoms with Gasteiger partial charge in [0.15, 0.2) is 0 Å². The Morgan fingerprint density at radius 3 is 2.58 bits per heavy atom. The van der Waals surface area contributed by atoms with Gasteiger partial charge in [-0.25, -0.2) is 4.79 Å². The van der Waals surface area contributed by atoms with Crippen LogP contribution in [-0.4, -0.2) is 45.4 Å². The number of halogens is 1. The number of hydrogen-bond acceptors (Lipinski definition) is 5. The number of carbonyl (C=O) groups excluding carboxylic acids is 2. The van der Waals surface area contributed by atoms with Crippen molar-refractivity contribution < 1.29 is 19.1 Å². The van der Waals surface area contributed by atoms with E-state index in [1.54, 1.807) is 43.9 Å². The lowest BCUT2D eigenvalue weighted by molar-refractivity contribution is -0.00169. The van der Waals surface area contributed by atoms with Crippen molar-refractivity contribution in [3.8, 4) is 17.0 Å². The molecule has 0 saturated carbocycles. The minimum Gasteiger partial charge on any atom is -0.482 e. The van der Waals surface area contributed by atoms with E-state index in [0.717, 1.165) is 22.6 Å². The van der Waals surface area contributed by atoms with Gasteiger partial charge < -0.3 is 14.4 Å². The molecule has 3 heterocycles. The molecule has 0 atom stereocenters. The minimum absolute atomic E-state index is 0.185. The summed E-state index contributed by atoms with van der Waals surface area (Å²) in [5, 5.41) is 7.61. The first kappa shape index (κ1) is 24.2. The third-order valence-electron chi connectivity index (χ3n) is 6.58. The maximum atomic E-state index is 13.6. The van der Waals surface area contributed by atoms with Gasteiger partial charge in [-0.05, 0) is 51.1 Å². The molecule has 2 amide bonds. The Morgan fingerprint density at radius 1 is 1.14 bits per heavy atom. The van der Waals surface area contributed by atoms with E-state index in [1.807, 2.05) is 42.2 Å². The highest BCUT2D eigenvalue weighted by molar-refractivity contribution is 6.31. The lowest BCUT2D eigenvalue weighted by atomic mass is 9.81. The van der Waals surface area contributed by atoms with Crippen LogP contribution >= 0.6 is 11.6 Å². The Bertz CT molecular complexity index is 1340. The quantitative estimate of drug-likeness (QED) is 0.486. The molecule has 0 unspecified atom stereocenters. The molecule has 1 aromatic heterocycles. The molecular weight excluding hydrogens is 480 g/mol. The molecule has 2 aliphatic rings. The molecule has 3 aromatic rings. The van der Waals surface area contributed by atoms with Crippen LogP contribution in [0, 0.1) is 0 Å². The standard InChI is InChI=1S/C27H29ClN4O4/c1-26(2,3)36-25(34)30-21-15-17(28)9-10-18(21)24(33)32-13-11-27(12-14-32)20-16-29-31(4)23(20)19-7-5-6-8-22(19)35-27/h5-10,15-16H,11-14H2,1-4H3,(H,30,34). The van der Waals surface area contributed by atoms with Crippen LogP contribution < -0.4 is 10.1 Å². The topological polar surface area (TPSA) is 85.7 Å². The number of carbonyl (C=O) groups is 2. The summed E-state index contributed by atoms with van der Waals surface area (Å²) in [6.45, 7) is 6.31. The van der Waals surface area contributed by atoms with Crippen molar-refractivity contribution in [3.05, 3.63) is 64.8 Å². The molecule has 5 rings (SSSR count). The van der Waals surface area contributed by atoms with Crippen LogP contribution in [0.2, 0.25) is 5.02 Å². The Kier molecular flexibility index (Phi) is 5.95. The molecule has 1 saturated heterocycles. The molecule has 2 aromatic carbocycles. The van der Waals surface area contributed by atoms with Gasteiger partial charge in [0.25, 0.3) is 5.91 Å². The largest absolute Gasteiger partial charge is 0.482 e. The predicted molar refractivity (Wildman–Crippen MR) is 137 cm³/mol. The van der Waals surface area contributed by atoms with Crippen molar-refractivity contribution in [3.63, 3.8) is 0 Å². The second kappa shape index (κ2) is 8.85. The summed E-state index contributed by atoms with van der Waals surface area (Å²) in [4.78, 5) is 27.7. The van der Waals surface area contributed by atoms with Crippen LogP contribution in [0.5, 0.6) is 5.75 Å². The van der Waals surface area contributed by atoms with Gasteiger partial charge in [-0.3, -0.25) is 14.8 Å². The summed E-state index contributed by atoms with van der Waals surface area (Å²) in [6, 6.07) is 12.8. The van der Waals surface area contributed by atoms with Gasteiger partial charge in [-0.2, -0.15) is 5.10 Å². The minimum atomic E-state index is -0.669. The highest BCUT2D eigenvalue weighted by Crippen LogP contribution is 2.49. The lowest BCUT2D eigenvalue weighted by Gasteiger charge is -2.44. The molecule has 1 spiro atoms. The van der Waals surface area contributed by atoms with Crippen LogP contribution in [0.3, 0.4) is 0 Å². The summed E-state index contributed by atoms with van der Waals surface area (Å²) in [5.41, 5.74) is 2.59. The number of ether oxygens (including phenoxy) is 2. The maximum Gasteiger partial charge on any atom is 0.412 e. The zero-order valence-corrected chi connectivity index (χ0v) is 21.6. The molecule has 2 aliphatic heterocycles. The fourth-order valence-electron chi connectivity index (χ4n) is 4.94. The number of anilines is 1. The molecule has 0 bridgehead atoms. The number of aromatic nitrogens is 2. The molecule has 0 aliphatic carbocycles. The van der Waals surface area contributed by atoms with Gasteiger partial charge >= 0.3 is 6.09 Å². The first-order valence-corrected chi connectivity index (χ1v) is 12.3. The summed E-state index contributed by atoms with van der Waals surface area (Å²) in [5.74, 6) is 0.644. The van der Waals surface area contributed by atoms with Crippen molar-refractivity contribution in [2.24, 2.45) is 7.05 Å². The lowest BCUT2D eigenvalue weighted by Crippen LogP contribution is -2.49. The van der Waals surface area contributed by atoms with Gasteiger partial charge in [0.2, 0.25) is 0 Å². The van der Waals surface area contributed by atoms with Crippen molar-refractivity contribution in [1.82, 2.24) is 14.7 Å². The van der Waals surface area contributed by atoms with E-state index in [0.29, 0.717) is 42.2 Å². The maximum absolute atomic E-state index is 13.6. The predicted octanol–water partition coefficient (Wildman–Crippen LogP) is 5.61. The van der Waals surface area contributed by atoms with Gasteiger partial charge in [0.1, 0.15) is 17.0 Å². The number of hydrogen-bond donors (Lipinski definition) is 1. The zero-order valence-electron chi connectivity index (χ0n) is 20.8. The number of nitrogens with zero attached hydrogens (tertiary/aromatic N) is 3. The van der Waals surface area contributed by atoms with E-state index < -0.39 is 17.3 Å². The second-order valence-electron chi connectivity index (χ2n) is 10.2. The number of aryl methyl sites for hydroxylation is 1. The van der Waals surface area contributed by atoms with Gasteiger partial charge in [-0.1, -0.05) is 23.7 Å². The molecule has 0 radical (unpaired) electrons. The Hall–Kier alpha value is -3.52. The number of piperidine rings is 1. The fourth-order valence-corrected chi connectivity index (χ4v) is 5.11. The van der Waals surface area contributed by atoms with E-state index in [-0.39, 0.29) is 5.91 Å². The van der Waals surface area contributed by atoms with E-state index in [1.165, 1.54) is 0 Å². The number of likely N-dealkylation sites (tertiary alicyclic amines) is 1. The van der Waals surface area contributed by atoms with Crippen molar-refractivity contribution in [2.45, 2.75) is 44.8 Å². The second-order valence-corrected chi connectivity index (χ2v) is 10.7. The average Bonchev–Trinajstić information content (AvgIpc) is 3.21. The Balaban J connectivity index is 1.37. The fraction of sp³-hybridized carbons (Fsp3) is 0.370. The van der Waals surface area contributed by atoms with Crippen LogP contribution in [0.25, 0.3) is 11.3 Å². The van der Waals surface area contributed by atoms with Crippen LogP contribution in [0.4, 0.5) is 10.5 Å². The molecule has 1 fully saturated rings. The monoisotopic (exact) mass is 508 g/mol. The number of benzene rings is 2. The highest BCUT2D eigenvalue weighted by Gasteiger charge is 2.46. The van der Waals surface area contributed by atoms with Crippen LogP contribution in [0.15, 0.2) is 48.7 Å². The van der Waals surface area contributed by atoms with Crippen molar-refractivity contribution in [1.29, 1.82) is 0 Å². The molecule has 36 heavy (non-hydrogen) atoms. The smallest absolute Gasteiger partial charge is 0.412 e. The first-order valence-electron chi connectivity index (χ1n) is 12.0. The molecule has 188 valence electrons. The summed E-state index contributed by atoms with van der Waals surface area (Å²) in [6.07, 6.45) is 2.47.